The highest BCUT2D eigenvalue weighted by Crippen LogP contribution is 2.27. The summed E-state index contributed by atoms with van der Waals surface area (Å²) in [5, 5.41) is 2.78. The van der Waals surface area contributed by atoms with E-state index in [-0.39, 0.29) is 23.0 Å². The summed E-state index contributed by atoms with van der Waals surface area (Å²) in [6.07, 6.45) is 2.21. The van der Waals surface area contributed by atoms with Crippen molar-refractivity contribution in [1.82, 2.24) is 4.31 Å². The summed E-state index contributed by atoms with van der Waals surface area (Å²) in [6.45, 7) is 2.53. The molecule has 0 spiro atoms. The molecule has 2 aromatic carbocycles. The molecule has 30 heavy (non-hydrogen) atoms. The Hall–Kier alpha value is -2.71. The largest absolute Gasteiger partial charge is 0.496 e. The summed E-state index contributed by atoms with van der Waals surface area (Å²) in [6, 6.07) is 11.5. The molecule has 0 saturated carbocycles. The van der Waals surface area contributed by atoms with Gasteiger partial charge in [0.15, 0.2) is 5.78 Å². The number of carbonyl (C=O) groups excluding carboxylic acids is 2. The average Bonchev–Trinajstić information content (AvgIpc) is 3.28. The molecule has 1 aliphatic heterocycles. The van der Waals surface area contributed by atoms with E-state index in [1.165, 1.54) is 18.3 Å². The Morgan fingerprint density at radius 1 is 1.10 bits per heavy atom. The summed E-state index contributed by atoms with van der Waals surface area (Å²) >= 11 is 0. The number of ether oxygens (including phenoxy) is 1. The Kier molecular flexibility index (Phi) is 6.89. The molecule has 3 rings (SSSR count). The SMILES string of the molecule is COc1ccc(S(=O)(=O)N2CCCC2)cc1CCC(=O)Nc1cccc(C(C)=O)c1. The monoisotopic (exact) mass is 430 g/mol. The van der Waals surface area contributed by atoms with Crippen molar-refractivity contribution < 1.29 is 22.7 Å². The van der Waals surface area contributed by atoms with E-state index < -0.39 is 10.0 Å². The number of methoxy groups -OCH3 is 1. The zero-order chi connectivity index (χ0) is 21.7. The zero-order valence-electron chi connectivity index (χ0n) is 17.2. The predicted octanol–water partition coefficient (Wildman–Crippen LogP) is 3.25. The fourth-order valence-electron chi connectivity index (χ4n) is 3.48. The van der Waals surface area contributed by atoms with Gasteiger partial charge in [-0.05, 0) is 62.1 Å². The Morgan fingerprint density at radius 2 is 1.83 bits per heavy atom. The quantitative estimate of drug-likeness (QED) is 0.649. The Morgan fingerprint density at radius 3 is 2.50 bits per heavy atom. The first-order valence-corrected chi connectivity index (χ1v) is 11.3. The van der Waals surface area contributed by atoms with Crippen LogP contribution in [0.4, 0.5) is 5.69 Å². The number of anilines is 1. The molecule has 1 N–H and O–H groups in total. The molecule has 160 valence electrons. The second kappa shape index (κ2) is 9.40. The van der Waals surface area contributed by atoms with Gasteiger partial charge in [0, 0.05) is 30.8 Å². The van der Waals surface area contributed by atoms with E-state index in [0.29, 0.717) is 42.1 Å². The third kappa shape index (κ3) is 5.06. The van der Waals surface area contributed by atoms with E-state index in [1.807, 2.05) is 0 Å². The molecule has 0 radical (unpaired) electrons. The summed E-state index contributed by atoms with van der Waals surface area (Å²) in [5.74, 6) is 0.235. The first kappa shape index (κ1) is 22.0. The molecule has 0 aromatic heterocycles. The lowest BCUT2D eigenvalue weighted by Gasteiger charge is -2.17. The van der Waals surface area contributed by atoms with Crippen LogP contribution >= 0.6 is 0 Å². The number of ketones is 1. The Balaban J connectivity index is 1.71. The van der Waals surface area contributed by atoms with E-state index in [9.17, 15) is 18.0 Å². The number of benzene rings is 2. The van der Waals surface area contributed by atoms with Crippen LogP contribution in [0.15, 0.2) is 47.4 Å². The second-order valence-electron chi connectivity index (χ2n) is 7.27. The number of sulfonamides is 1. The zero-order valence-corrected chi connectivity index (χ0v) is 18.0. The molecule has 1 fully saturated rings. The van der Waals surface area contributed by atoms with Gasteiger partial charge in [-0.3, -0.25) is 9.59 Å². The molecule has 0 unspecified atom stereocenters. The molecule has 8 heteroatoms. The van der Waals surface area contributed by atoms with Gasteiger partial charge < -0.3 is 10.1 Å². The minimum atomic E-state index is -3.54. The number of carbonyl (C=O) groups is 2. The highest BCUT2D eigenvalue weighted by atomic mass is 32.2. The number of amides is 1. The Labute approximate surface area is 177 Å². The molecule has 1 aliphatic rings. The van der Waals surface area contributed by atoms with Crippen molar-refractivity contribution in [1.29, 1.82) is 0 Å². The lowest BCUT2D eigenvalue weighted by atomic mass is 10.1. The van der Waals surface area contributed by atoms with Gasteiger partial charge >= 0.3 is 0 Å². The van der Waals surface area contributed by atoms with Crippen molar-refractivity contribution in [2.24, 2.45) is 0 Å². The first-order chi connectivity index (χ1) is 14.3. The van der Waals surface area contributed by atoms with Crippen LogP contribution in [-0.2, 0) is 21.2 Å². The average molecular weight is 431 g/mol. The van der Waals surface area contributed by atoms with E-state index in [4.69, 9.17) is 4.74 Å². The highest BCUT2D eigenvalue weighted by Gasteiger charge is 2.27. The number of rotatable bonds is 8. The summed E-state index contributed by atoms with van der Waals surface area (Å²) < 4.78 is 32.5. The van der Waals surface area contributed by atoms with E-state index in [2.05, 4.69) is 5.32 Å². The minimum Gasteiger partial charge on any atom is -0.496 e. The van der Waals surface area contributed by atoms with Crippen LogP contribution in [0.2, 0.25) is 0 Å². The van der Waals surface area contributed by atoms with E-state index in [0.717, 1.165) is 12.8 Å². The lowest BCUT2D eigenvalue weighted by Crippen LogP contribution is -2.28. The van der Waals surface area contributed by atoms with E-state index in [1.54, 1.807) is 42.5 Å². The summed E-state index contributed by atoms with van der Waals surface area (Å²) in [4.78, 5) is 24.1. The maximum absolute atomic E-state index is 12.8. The molecule has 1 heterocycles. The van der Waals surface area contributed by atoms with Crippen molar-refractivity contribution in [3.8, 4) is 5.75 Å². The number of hydrogen-bond acceptors (Lipinski definition) is 5. The summed E-state index contributed by atoms with van der Waals surface area (Å²) in [7, 11) is -2.03. The number of nitrogens with zero attached hydrogens (tertiary/aromatic N) is 1. The first-order valence-electron chi connectivity index (χ1n) is 9.89. The van der Waals surface area contributed by atoms with Crippen molar-refractivity contribution in [2.75, 3.05) is 25.5 Å². The number of nitrogens with one attached hydrogen (secondary N) is 1. The van der Waals surface area contributed by atoms with Crippen LogP contribution in [0, 0.1) is 0 Å². The van der Waals surface area contributed by atoms with Crippen LogP contribution in [0.25, 0.3) is 0 Å². The fourth-order valence-corrected chi connectivity index (χ4v) is 5.04. The van der Waals surface area contributed by atoms with Crippen LogP contribution < -0.4 is 10.1 Å². The van der Waals surface area contributed by atoms with Gasteiger partial charge in [0.1, 0.15) is 5.75 Å². The molecule has 7 nitrogen and oxygen atoms in total. The predicted molar refractivity (Wildman–Crippen MR) is 114 cm³/mol. The lowest BCUT2D eigenvalue weighted by molar-refractivity contribution is -0.116. The molecular weight excluding hydrogens is 404 g/mol. The van der Waals surface area contributed by atoms with Gasteiger partial charge in [-0.15, -0.1) is 0 Å². The van der Waals surface area contributed by atoms with Crippen LogP contribution in [0.3, 0.4) is 0 Å². The van der Waals surface area contributed by atoms with Crippen LogP contribution in [0.1, 0.15) is 42.1 Å². The molecule has 1 amide bonds. The molecule has 0 bridgehead atoms. The molecule has 1 saturated heterocycles. The third-order valence-electron chi connectivity index (χ3n) is 5.13. The maximum Gasteiger partial charge on any atom is 0.243 e. The van der Waals surface area contributed by atoms with Crippen LogP contribution in [0.5, 0.6) is 5.75 Å². The van der Waals surface area contributed by atoms with E-state index >= 15 is 0 Å². The van der Waals surface area contributed by atoms with Gasteiger partial charge in [-0.1, -0.05) is 12.1 Å². The van der Waals surface area contributed by atoms with Gasteiger partial charge in [-0.25, -0.2) is 8.42 Å². The van der Waals surface area contributed by atoms with Gasteiger partial charge in [0.2, 0.25) is 15.9 Å². The fraction of sp³-hybridized carbons (Fsp3) is 0.364. The van der Waals surface area contributed by atoms with Gasteiger partial charge in [0.25, 0.3) is 0 Å². The van der Waals surface area contributed by atoms with Gasteiger partial charge in [-0.2, -0.15) is 4.31 Å². The molecule has 2 aromatic rings. The molecule has 0 aliphatic carbocycles. The smallest absolute Gasteiger partial charge is 0.243 e. The topological polar surface area (TPSA) is 92.8 Å². The number of hydrogen-bond donors (Lipinski definition) is 1. The van der Waals surface area contributed by atoms with Crippen molar-refractivity contribution >= 4 is 27.4 Å². The third-order valence-corrected chi connectivity index (χ3v) is 7.02. The molecule has 0 atom stereocenters. The van der Waals surface area contributed by atoms with Crippen molar-refractivity contribution in [2.45, 2.75) is 37.5 Å². The maximum atomic E-state index is 12.8. The minimum absolute atomic E-state index is 0.0770. The molecular formula is C22H26N2O5S. The highest BCUT2D eigenvalue weighted by molar-refractivity contribution is 7.89. The standard InChI is InChI=1S/C22H26N2O5S/c1-16(25)17-6-5-7-19(14-17)23-22(26)11-8-18-15-20(9-10-21(18)29-2)30(27,28)24-12-3-4-13-24/h5-7,9-10,14-15H,3-4,8,11-13H2,1-2H3,(H,23,26). The van der Waals surface area contributed by atoms with Gasteiger partial charge in [0.05, 0.1) is 12.0 Å². The second-order valence-corrected chi connectivity index (χ2v) is 9.21. The van der Waals surface area contributed by atoms with Crippen LogP contribution in [-0.4, -0.2) is 44.6 Å². The summed E-state index contributed by atoms with van der Waals surface area (Å²) in [5.41, 5.74) is 1.73. The normalized spacial score (nSPS) is 14.5. The number of Topliss-reactive ketones (excluding diaryl/α,β-unsaturated/α-hetero) is 1. The Bertz CT molecular complexity index is 1040. The van der Waals surface area contributed by atoms with Crippen molar-refractivity contribution in [3.63, 3.8) is 0 Å². The van der Waals surface area contributed by atoms with Crippen molar-refractivity contribution in [3.05, 3.63) is 53.6 Å². The number of aryl methyl sites for hydroxylation is 1.